The summed E-state index contributed by atoms with van der Waals surface area (Å²) in [4.78, 5) is 14.0. The topological polar surface area (TPSA) is 46.3 Å². The molecular weight excluding hydrogens is 220 g/mol. The second-order valence-corrected chi connectivity index (χ2v) is 5.47. The van der Waals surface area contributed by atoms with Crippen LogP contribution < -0.4 is 5.73 Å². The standard InChI is InChI=1S/C12H24N2OS/c1-16-10-7-11(13)12(15)14-8-5-3-2-4-6-9-14/h11H,2-10,13H2,1H3/t11-/m0/s1. The molecule has 1 saturated heterocycles. The first-order chi connectivity index (χ1) is 7.75. The highest BCUT2D eigenvalue weighted by Crippen LogP contribution is 2.12. The number of thioether (sulfide) groups is 1. The largest absolute Gasteiger partial charge is 0.341 e. The van der Waals surface area contributed by atoms with Gasteiger partial charge in [-0.05, 0) is 31.3 Å². The van der Waals surface area contributed by atoms with Crippen LogP contribution in [0.3, 0.4) is 0 Å². The van der Waals surface area contributed by atoms with Gasteiger partial charge in [-0.3, -0.25) is 4.79 Å². The van der Waals surface area contributed by atoms with Gasteiger partial charge >= 0.3 is 0 Å². The second-order valence-electron chi connectivity index (χ2n) is 4.48. The zero-order chi connectivity index (χ0) is 11.8. The van der Waals surface area contributed by atoms with Gasteiger partial charge in [-0.2, -0.15) is 11.8 Å². The van der Waals surface area contributed by atoms with Crippen LogP contribution in [-0.4, -0.2) is 41.9 Å². The molecule has 0 aromatic heterocycles. The summed E-state index contributed by atoms with van der Waals surface area (Å²) < 4.78 is 0. The Balaban J connectivity index is 2.37. The number of hydrogen-bond donors (Lipinski definition) is 1. The van der Waals surface area contributed by atoms with Crippen LogP contribution in [0.2, 0.25) is 0 Å². The van der Waals surface area contributed by atoms with E-state index >= 15 is 0 Å². The molecular formula is C12H24N2OS. The molecule has 1 aliphatic rings. The van der Waals surface area contributed by atoms with Gasteiger partial charge in [0.1, 0.15) is 0 Å². The molecule has 3 nitrogen and oxygen atoms in total. The summed E-state index contributed by atoms with van der Waals surface area (Å²) >= 11 is 1.75. The lowest BCUT2D eigenvalue weighted by molar-refractivity contribution is -0.133. The van der Waals surface area contributed by atoms with E-state index < -0.39 is 0 Å². The maximum Gasteiger partial charge on any atom is 0.239 e. The Morgan fingerprint density at radius 3 is 2.38 bits per heavy atom. The fourth-order valence-electron chi connectivity index (χ4n) is 2.07. The minimum absolute atomic E-state index is 0.163. The predicted molar refractivity (Wildman–Crippen MR) is 70.6 cm³/mol. The van der Waals surface area contributed by atoms with E-state index in [9.17, 15) is 4.79 Å². The predicted octanol–water partition coefficient (Wildman–Crippen LogP) is 1.86. The first-order valence-corrected chi connectivity index (χ1v) is 7.68. The van der Waals surface area contributed by atoms with Gasteiger partial charge in [-0.1, -0.05) is 19.3 Å². The molecule has 1 amide bonds. The van der Waals surface area contributed by atoms with Crippen LogP contribution in [0.4, 0.5) is 0 Å². The third-order valence-corrected chi connectivity index (χ3v) is 3.76. The van der Waals surface area contributed by atoms with Crippen LogP contribution in [0.5, 0.6) is 0 Å². The quantitative estimate of drug-likeness (QED) is 0.821. The maximum absolute atomic E-state index is 12.1. The van der Waals surface area contributed by atoms with Gasteiger partial charge in [-0.15, -0.1) is 0 Å². The molecule has 0 aliphatic carbocycles. The lowest BCUT2D eigenvalue weighted by Gasteiger charge is -2.27. The van der Waals surface area contributed by atoms with Crippen LogP contribution in [0, 0.1) is 0 Å². The average Bonchev–Trinajstić information content (AvgIpc) is 2.24. The van der Waals surface area contributed by atoms with Crippen molar-refractivity contribution in [3.05, 3.63) is 0 Å². The van der Waals surface area contributed by atoms with Crippen molar-refractivity contribution >= 4 is 17.7 Å². The molecule has 0 unspecified atom stereocenters. The summed E-state index contributed by atoms with van der Waals surface area (Å²) in [6.45, 7) is 1.82. The minimum Gasteiger partial charge on any atom is -0.341 e. The van der Waals surface area contributed by atoms with E-state index in [0.29, 0.717) is 0 Å². The molecule has 16 heavy (non-hydrogen) atoms. The smallest absolute Gasteiger partial charge is 0.239 e. The molecule has 1 rings (SSSR count). The summed E-state index contributed by atoms with van der Waals surface area (Å²) in [6.07, 6.45) is 8.96. The summed E-state index contributed by atoms with van der Waals surface area (Å²) in [6, 6.07) is -0.285. The highest BCUT2D eigenvalue weighted by Gasteiger charge is 2.20. The molecule has 2 N–H and O–H groups in total. The van der Waals surface area contributed by atoms with Crippen molar-refractivity contribution in [2.24, 2.45) is 5.73 Å². The van der Waals surface area contributed by atoms with Crippen LogP contribution in [0.15, 0.2) is 0 Å². The average molecular weight is 244 g/mol. The number of carbonyl (C=O) groups is 1. The summed E-state index contributed by atoms with van der Waals surface area (Å²) in [7, 11) is 0. The molecule has 0 spiro atoms. The summed E-state index contributed by atoms with van der Waals surface area (Å²) in [5, 5.41) is 0. The molecule has 1 atom stereocenters. The normalized spacial score (nSPS) is 20.0. The fraction of sp³-hybridized carbons (Fsp3) is 0.917. The van der Waals surface area contributed by atoms with Gasteiger partial charge in [-0.25, -0.2) is 0 Å². The van der Waals surface area contributed by atoms with E-state index in [1.165, 1.54) is 19.3 Å². The lowest BCUT2D eigenvalue weighted by Crippen LogP contribution is -2.45. The van der Waals surface area contributed by atoms with Crippen molar-refractivity contribution in [2.45, 2.75) is 44.6 Å². The Labute approximate surface area is 103 Å². The number of nitrogens with two attached hydrogens (primary N) is 1. The Morgan fingerprint density at radius 1 is 1.25 bits per heavy atom. The van der Waals surface area contributed by atoms with E-state index in [1.54, 1.807) is 11.8 Å². The molecule has 94 valence electrons. The van der Waals surface area contributed by atoms with Crippen LogP contribution in [-0.2, 0) is 4.79 Å². The molecule has 1 aliphatic heterocycles. The molecule has 0 saturated carbocycles. The molecule has 0 bridgehead atoms. The maximum atomic E-state index is 12.1. The van der Waals surface area contributed by atoms with E-state index in [1.807, 2.05) is 11.2 Å². The Kier molecular flexibility index (Phi) is 6.88. The second kappa shape index (κ2) is 7.96. The summed E-state index contributed by atoms with van der Waals surface area (Å²) in [5.41, 5.74) is 5.92. The molecule has 1 fully saturated rings. The minimum atomic E-state index is -0.285. The van der Waals surface area contributed by atoms with Crippen molar-refractivity contribution in [3.63, 3.8) is 0 Å². The van der Waals surface area contributed by atoms with E-state index in [4.69, 9.17) is 5.73 Å². The van der Waals surface area contributed by atoms with E-state index in [2.05, 4.69) is 0 Å². The number of amides is 1. The van der Waals surface area contributed by atoms with Crippen molar-refractivity contribution in [2.75, 3.05) is 25.1 Å². The fourth-order valence-corrected chi connectivity index (χ4v) is 2.56. The molecule has 0 aromatic rings. The van der Waals surface area contributed by atoms with Gasteiger partial charge in [0.05, 0.1) is 6.04 Å². The number of rotatable bonds is 4. The number of likely N-dealkylation sites (tertiary alicyclic amines) is 1. The van der Waals surface area contributed by atoms with Gasteiger partial charge in [0.25, 0.3) is 0 Å². The molecule has 4 heteroatoms. The zero-order valence-electron chi connectivity index (χ0n) is 10.3. The van der Waals surface area contributed by atoms with Crippen LogP contribution >= 0.6 is 11.8 Å². The van der Waals surface area contributed by atoms with Crippen LogP contribution in [0.1, 0.15) is 38.5 Å². The van der Waals surface area contributed by atoms with Crippen molar-refractivity contribution in [1.29, 1.82) is 0 Å². The zero-order valence-corrected chi connectivity index (χ0v) is 11.1. The van der Waals surface area contributed by atoms with Crippen LogP contribution in [0.25, 0.3) is 0 Å². The highest BCUT2D eigenvalue weighted by atomic mass is 32.2. The molecule has 0 aromatic carbocycles. The van der Waals surface area contributed by atoms with Crippen molar-refractivity contribution in [3.8, 4) is 0 Å². The summed E-state index contributed by atoms with van der Waals surface area (Å²) in [5.74, 6) is 1.14. The third-order valence-electron chi connectivity index (χ3n) is 3.12. The van der Waals surface area contributed by atoms with Gasteiger partial charge in [0.15, 0.2) is 0 Å². The number of nitrogens with zero attached hydrogens (tertiary/aromatic N) is 1. The first-order valence-electron chi connectivity index (χ1n) is 6.29. The molecule has 0 radical (unpaired) electrons. The van der Waals surface area contributed by atoms with Crippen molar-refractivity contribution < 1.29 is 4.79 Å². The van der Waals surface area contributed by atoms with Gasteiger partial charge < -0.3 is 10.6 Å². The van der Waals surface area contributed by atoms with Gasteiger partial charge in [0, 0.05) is 13.1 Å². The molecule has 1 heterocycles. The lowest BCUT2D eigenvalue weighted by atomic mass is 10.1. The van der Waals surface area contributed by atoms with E-state index in [0.717, 1.165) is 38.1 Å². The van der Waals surface area contributed by atoms with Gasteiger partial charge in [0.2, 0.25) is 5.91 Å². The number of carbonyl (C=O) groups excluding carboxylic acids is 1. The van der Waals surface area contributed by atoms with Crippen molar-refractivity contribution in [1.82, 2.24) is 4.90 Å². The Bertz CT molecular complexity index is 203. The monoisotopic (exact) mass is 244 g/mol. The third kappa shape index (κ3) is 4.74. The highest BCUT2D eigenvalue weighted by molar-refractivity contribution is 7.98. The number of hydrogen-bond acceptors (Lipinski definition) is 3. The first kappa shape index (κ1) is 13.8. The SMILES string of the molecule is CSCC[C@H](N)C(=O)N1CCCCCCC1. The van der Waals surface area contributed by atoms with E-state index in [-0.39, 0.29) is 11.9 Å². The Hall–Kier alpha value is -0.220. The Morgan fingerprint density at radius 2 is 1.81 bits per heavy atom.